The molecule has 1 aliphatic carbocycles. The second kappa shape index (κ2) is 6.21. The van der Waals surface area contributed by atoms with Gasteiger partial charge in [0.15, 0.2) is 0 Å². The highest BCUT2D eigenvalue weighted by molar-refractivity contribution is 7.89. The third-order valence-electron chi connectivity index (χ3n) is 3.50. The molecule has 0 atom stereocenters. The molecule has 0 radical (unpaired) electrons. The molecule has 0 unspecified atom stereocenters. The average molecular weight is 290 g/mol. The fourth-order valence-corrected chi connectivity index (χ4v) is 3.44. The van der Waals surface area contributed by atoms with Crippen LogP contribution >= 0.6 is 0 Å². The lowest BCUT2D eigenvalue weighted by atomic mass is 10.1. The van der Waals surface area contributed by atoms with Gasteiger partial charge in [-0.2, -0.15) is 5.26 Å². The van der Waals surface area contributed by atoms with E-state index >= 15 is 0 Å². The summed E-state index contributed by atoms with van der Waals surface area (Å²) in [7, 11) is -3.49. The lowest BCUT2D eigenvalue weighted by Gasteiger charge is -2.08. The number of allylic oxidation sites excluding steroid dienone is 1. The van der Waals surface area contributed by atoms with Gasteiger partial charge in [-0.15, -0.1) is 0 Å². The normalized spacial score (nSPS) is 14.9. The van der Waals surface area contributed by atoms with Crippen molar-refractivity contribution in [2.45, 2.75) is 37.5 Å². The lowest BCUT2D eigenvalue weighted by Crippen LogP contribution is -2.25. The van der Waals surface area contributed by atoms with E-state index in [0.29, 0.717) is 17.7 Å². The molecular weight excluding hydrogens is 272 g/mol. The second-order valence-electron chi connectivity index (χ2n) is 4.99. The highest BCUT2D eigenvalue weighted by atomic mass is 32.2. The monoisotopic (exact) mass is 290 g/mol. The zero-order valence-corrected chi connectivity index (χ0v) is 12.3. The van der Waals surface area contributed by atoms with Crippen LogP contribution in [0.4, 0.5) is 0 Å². The van der Waals surface area contributed by atoms with Crippen LogP contribution in [0.15, 0.2) is 34.7 Å². The number of benzene rings is 1. The number of nitrogens with zero attached hydrogens (tertiary/aromatic N) is 1. The van der Waals surface area contributed by atoms with E-state index in [9.17, 15) is 8.42 Å². The molecule has 5 heteroatoms. The van der Waals surface area contributed by atoms with Crippen molar-refractivity contribution in [3.05, 3.63) is 41.0 Å². The SMILES string of the molecule is Cc1cc(S(=O)(=O)NCCC2=CCCC2)ccc1C#N. The summed E-state index contributed by atoms with van der Waals surface area (Å²) in [5, 5.41) is 8.85. The van der Waals surface area contributed by atoms with Crippen LogP contribution in [0.1, 0.15) is 36.8 Å². The highest BCUT2D eigenvalue weighted by Gasteiger charge is 2.15. The van der Waals surface area contributed by atoms with E-state index in [1.54, 1.807) is 13.0 Å². The molecule has 2 rings (SSSR count). The molecule has 106 valence electrons. The Hall–Kier alpha value is -1.64. The zero-order chi connectivity index (χ0) is 14.6. The average Bonchev–Trinajstić information content (AvgIpc) is 2.91. The van der Waals surface area contributed by atoms with Crippen molar-refractivity contribution < 1.29 is 8.42 Å². The molecule has 0 fully saturated rings. The molecule has 0 heterocycles. The van der Waals surface area contributed by atoms with Crippen LogP contribution in [-0.2, 0) is 10.0 Å². The summed E-state index contributed by atoms with van der Waals surface area (Å²) >= 11 is 0. The van der Waals surface area contributed by atoms with E-state index in [1.165, 1.54) is 24.1 Å². The Balaban J connectivity index is 2.02. The van der Waals surface area contributed by atoms with Gasteiger partial charge in [0.2, 0.25) is 10.0 Å². The maximum atomic E-state index is 12.1. The van der Waals surface area contributed by atoms with Crippen LogP contribution in [0.25, 0.3) is 0 Å². The molecule has 0 spiro atoms. The lowest BCUT2D eigenvalue weighted by molar-refractivity contribution is 0.581. The summed E-state index contributed by atoms with van der Waals surface area (Å²) in [6.45, 7) is 2.16. The second-order valence-corrected chi connectivity index (χ2v) is 6.76. The predicted octanol–water partition coefficient (Wildman–Crippen LogP) is 2.65. The number of nitrogens with one attached hydrogen (secondary N) is 1. The summed E-state index contributed by atoms with van der Waals surface area (Å²) in [6, 6.07) is 6.59. The molecule has 0 amide bonds. The van der Waals surface area contributed by atoms with Crippen molar-refractivity contribution in [1.29, 1.82) is 5.26 Å². The summed E-state index contributed by atoms with van der Waals surface area (Å²) in [5.74, 6) is 0. The first-order valence-electron chi connectivity index (χ1n) is 6.71. The Morgan fingerprint density at radius 3 is 2.80 bits per heavy atom. The number of hydrogen-bond acceptors (Lipinski definition) is 3. The number of nitriles is 1. The van der Waals surface area contributed by atoms with Crippen LogP contribution in [-0.4, -0.2) is 15.0 Å². The summed E-state index contributed by atoms with van der Waals surface area (Å²) in [4.78, 5) is 0.217. The number of rotatable bonds is 5. The van der Waals surface area contributed by atoms with Crippen molar-refractivity contribution in [2.24, 2.45) is 0 Å². The Morgan fingerprint density at radius 1 is 1.40 bits per heavy atom. The molecule has 1 aromatic rings. The van der Waals surface area contributed by atoms with Crippen molar-refractivity contribution >= 4 is 10.0 Å². The standard InChI is InChI=1S/C15H18N2O2S/c1-12-10-15(7-6-14(12)11-16)20(18,19)17-9-8-13-4-2-3-5-13/h4,6-7,10,17H,2-3,5,8-9H2,1H3. The first-order valence-corrected chi connectivity index (χ1v) is 8.19. The summed E-state index contributed by atoms with van der Waals surface area (Å²) < 4.78 is 26.9. The van der Waals surface area contributed by atoms with Gasteiger partial charge in [-0.05, 0) is 56.4 Å². The Bertz CT molecular complexity index is 670. The van der Waals surface area contributed by atoms with E-state index < -0.39 is 10.0 Å². The van der Waals surface area contributed by atoms with Gasteiger partial charge in [-0.25, -0.2) is 13.1 Å². The van der Waals surface area contributed by atoms with Gasteiger partial charge in [0.25, 0.3) is 0 Å². The largest absolute Gasteiger partial charge is 0.240 e. The smallest absolute Gasteiger partial charge is 0.211 e. The molecular formula is C15H18N2O2S. The molecule has 0 bridgehead atoms. The van der Waals surface area contributed by atoms with Crippen LogP contribution in [0.5, 0.6) is 0 Å². The minimum absolute atomic E-state index is 0.217. The van der Waals surface area contributed by atoms with E-state index in [1.807, 2.05) is 6.07 Å². The van der Waals surface area contributed by atoms with Gasteiger partial charge in [0, 0.05) is 6.54 Å². The first-order chi connectivity index (χ1) is 9.53. The van der Waals surface area contributed by atoms with Crippen LogP contribution in [0.2, 0.25) is 0 Å². The van der Waals surface area contributed by atoms with E-state index in [4.69, 9.17) is 5.26 Å². The molecule has 0 saturated heterocycles. The van der Waals surface area contributed by atoms with E-state index in [-0.39, 0.29) is 4.90 Å². The maximum absolute atomic E-state index is 12.1. The quantitative estimate of drug-likeness (QED) is 0.847. The minimum Gasteiger partial charge on any atom is -0.211 e. The molecule has 1 aromatic carbocycles. The molecule has 0 saturated carbocycles. The van der Waals surface area contributed by atoms with Crippen LogP contribution < -0.4 is 4.72 Å². The van der Waals surface area contributed by atoms with Gasteiger partial charge >= 0.3 is 0 Å². The van der Waals surface area contributed by atoms with Crippen LogP contribution in [0.3, 0.4) is 0 Å². The Labute approximate surface area is 120 Å². The summed E-state index contributed by atoms with van der Waals surface area (Å²) in [5.41, 5.74) is 2.51. The van der Waals surface area contributed by atoms with Crippen LogP contribution in [0, 0.1) is 18.3 Å². The number of hydrogen-bond donors (Lipinski definition) is 1. The van der Waals surface area contributed by atoms with Crippen molar-refractivity contribution in [3.8, 4) is 6.07 Å². The van der Waals surface area contributed by atoms with Gasteiger partial charge in [0.05, 0.1) is 16.5 Å². The molecule has 0 aromatic heterocycles. The maximum Gasteiger partial charge on any atom is 0.240 e. The van der Waals surface area contributed by atoms with Crippen molar-refractivity contribution in [3.63, 3.8) is 0 Å². The third kappa shape index (κ3) is 3.47. The fourth-order valence-electron chi connectivity index (χ4n) is 2.32. The predicted molar refractivity (Wildman–Crippen MR) is 77.6 cm³/mol. The molecule has 20 heavy (non-hydrogen) atoms. The van der Waals surface area contributed by atoms with E-state index in [2.05, 4.69) is 10.8 Å². The highest BCUT2D eigenvalue weighted by Crippen LogP contribution is 2.20. The fraction of sp³-hybridized carbons (Fsp3) is 0.400. The molecule has 0 aliphatic heterocycles. The zero-order valence-electron chi connectivity index (χ0n) is 11.5. The minimum atomic E-state index is -3.49. The molecule has 1 N–H and O–H groups in total. The first kappa shape index (κ1) is 14.8. The summed E-state index contributed by atoms with van der Waals surface area (Å²) in [6.07, 6.45) is 6.33. The van der Waals surface area contributed by atoms with Crippen molar-refractivity contribution in [1.82, 2.24) is 4.72 Å². The Kier molecular flexibility index (Phi) is 4.58. The molecule has 4 nitrogen and oxygen atoms in total. The van der Waals surface area contributed by atoms with Gasteiger partial charge in [-0.3, -0.25) is 0 Å². The molecule has 1 aliphatic rings. The van der Waals surface area contributed by atoms with Crippen molar-refractivity contribution in [2.75, 3.05) is 6.54 Å². The number of sulfonamides is 1. The van der Waals surface area contributed by atoms with Gasteiger partial charge in [-0.1, -0.05) is 11.6 Å². The van der Waals surface area contributed by atoms with Gasteiger partial charge in [0.1, 0.15) is 0 Å². The van der Waals surface area contributed by atoms with Gasteiger partial charge < -0.3 is 0 Å². The topological polar surface area (TPSA) is 70.0 Å². The number of aryl methyl sites for hydroxylation is 1. The Morgan fingerprint density at radius 2 is 2.20 bits per heavy atom. The van der Waals surface area contributed by atoms with E-state index in [0.717, 1.165) is 19.3 Å². The third-order valence-corrected chi connectivity index (χ3v) is 4.96.